The summed E-state index contributed by atoms with van der Waals surface area (Å²) in [5.41, 5.74) is 3.71. The lowest BCUT2D eigenvalue weighted by atomic mass is 9.83. The van der Waals surface area contributed by atoms with Gasteiger partial charge >= 0.3 is 0 Å². The first-order valence-corrected chi connectivity index (χ1v) is 10.2. The molecule has 142 valence electrons. The van der Waals surface area contributed by atoms with E-state index >= 15 is 0 Å². The molecule has 0 unspecified atom stereocenters. The first kappa shape index (κ1) is 18.1. The molecule has 0 bridgehead atoms. The molecule has 3 atom stereocenters. The van der Waals surface area contributed by atoms with Crippen molar-refractivity contribution in [1.82, 2.24) is 4.98 Å². The fraction of sp³-hybridized carbons (Fsp3) is 0.381. The van der Waals surface area contributed by atoms with Crippen LogP contribution in [0.3, 0.4) is 0 Å². The third-order valence-corrected chi connectivity index (χ3v) is 6.41. The van der Waals surface area contributed by atoms with Crippen molar-refractivity contribution in [2.75, 3.05) is 0 Å². The van der Waals surface area contributed by atoms with Gasteiger partial charge in [0.2, 0.25) is 0 Å². The van der Waals surface area contributed by atoms with E-state index in [-0.39, 0.29) is 6.10 Å². The molecule has 5 nitrogen and oxygen atoms in total. The number of hydrogen-bond donors (Lipinski definition) is 1. The van der Waals surface area contributed by atoms with Gasteiger partial charge in [0, 0.05) is 24.6 Å². The highest BCUT2D eigenvalue weighted by Crippen LogP contribution is 2.45. The number of aliphatic hydroxyl groups excluding tert-OH is 1. The first-order chi connectivity index (χ1) is 13.5. The Morgan fingerprint density at radius 3 is 3.07 bits per heavy atom. The van der Waals surface area contributed by atoms with Crippen LogP contribution >= 0.6 is 11.3 Å². The number of nitrogens with zero attached hydrogens (tertiary/aromatic N) is 1. The Labute approximate surface area is 168 Å². The third-order valence-electron chi connectivity index (χ3n) is 5.40. The molecule has 1 aromatic carbocycles. The number of aliphatic hydroxyl groups is 1. The molecule has 4 heterocycles. The zero-order valence-electron chi connectivity index (χ0n) is 15.6. The van der Waals surface area contributed by atoms with Gasteiger partial charge in [-0.25, -0.2) is 4.98 Å². The second kappa shape index (κ2) is 6.85. The van der Waals surface area contributed by atoms with Crippen LogP contribution < -0.4 is 5.46 Å². The standard InChI is InChI=1S/C21H20BNO4S/c1-12-5-15(24)9-21(27-12)16-6-13(17(22)7-14(16)11-26-21)8-20-23-10-19(28-20)18-3-2-4-25-18/h2-4,6-7,10,12,15,24H,5,8-9,11H2,1H3/t12-,15+,21-/m1/s1. The van der Waals surface area contributed by atoms with E-state index in [0.29, 0.717) is 25.9 Å². The molecule has 3 aromatic rings. The van der Waals surface area contributed by atoms with E-state index < -0.39 is 11.9 Å². The van der Waals surface area contributed by atoms with Crippen LogP contribution in [0.15, 0.2) is 41.1 Å². The SMILES string of the molecule is [B]c1cc2c(cc1Cc1ncc(-c3ccco3)s1)[C@]1(C[C@@H](O)C[C@@H](C)O1)OC2. The molecule has 1 fully saturated rings. The van der Waals surface area contributed by atoms with Gasteiger partial charge in [-0.3, -0.25) is 0 Å². The molecule has 2 aliphatic heterocycles. The Kier molecular flexibility index (Phi) is 4.43. The van der Waals surface area contributed by atoms with Crippen molar-refractivity contribution in [3.8, 4) is 10.6 Å². The number of aromatic nitrogens is 1. The molecule has 1 saturated heterocycles. The lowest BCUT2D eigenvalue weighted by molar-refractivity contribution is -0.295. The maximum absolute atomic E-state index is 10.3. The number of fused-ring (bicyclic) bond motifs is 2. The number of thiazole rings is 1. The van der Waals surface area contributed by atoms with Crippen molar-refractivity contribution in [3.05, 3.63) is 58.4 Å². The normalized spacial score (nSPS) is 26.6. The molecule has 2 aliphatic rings. The minimum Gasteiger partial charge on any atom is -0.463 e. The molecular weight excluding hydrogens is 373 g/mol. The van der Waals surface area contributed by atoms with E-state index in [1.807, 2.05) is 31.3 Å². The van der Waals surface area contributed by atoms with Gasteiger partial charge in [0.1, 0.15) is 13.6 Å². The van der Waals surface area contributed by atoms with Crippen LogP contribution in [0.25, 0.3) is 10.6 Å². The Morgan fingerprint density at radius 1 is 1.39 bits per heavy atom. The Balaban J connectivity index is 1.46. The summed E-state index contributed by atoms with van der Waals surface area (Å²) in [7, 11) is 6.33. The summed E-state index contributed by atoms with van der Waals surface area (Å²) in [5.74, 6) is -0.0616. The topological polar surface area (TPSA) is 64.7 Å². The summed E-state index contributed by atoms with van der Waals surface area (Å²) in [6, 6.07) is 7.83. The van der Waals surface area contributed by atoms with Crippen molar-refractivity contribution < 1.29 is 19.0 Å². The summed E-state index contributed by atoms with van der Waals surface area (Å²) in [6.07, 6.45) is 4.67. The van der Waals surface area contributed by atoms with Gasteiger partial charge in [-0.1, -0.05) is 17.6 Å². The van der Waals surface area contributed by atoms with Crippen molar-refractivity contribution in [3.63, 3.8) is 0 Å². The van der Waals surface area contributed by atoms with Gasteiger partial charge < -0.3 is 19.0 Å². The maximum Gasteiger partial charge on any atom is 0.198 e. The van der Waals surface area contributed by atoms with Gasteiger partial charge in [0.25, 0.3) is 0 Å². The molecule has 0 saturated carbocycles. The van der Waals surface area contributed by atoms with Gasteiger partial charge in [-0.2, -0.15) is 0 Å². The number of hydrogen-bond acceptors (Lipinski definition) is 6. The van der Waals surface area contributed by atoms with Gasteiger partial charge in [0.05, 0.1) is 35.0 Å². The summed E-state index contributed by atoms with van der Waals surface area (Å²) in [5, 5.41) is 11.2. The van der Waals surface area contributed by atoms with E-state index in [1.54, 1.807) is 17.6 Å². The van der Waals surface area contributed by atoms with E-state index in [4.69, 9.17) is 21.7 Å². The van der Waals surface area contributed by atoms with Crippen LogP contribution in [0, 0.1) is 0 Å². The molecule has 0 aliphatic carbocycles. The molecule has 1 N–H and O–H groups in total. The van der Waals surface area contributed by atoms with Gasteiger partial charge in [0.15, 0.2) is 5.79 Å². The predicted molar refractivity (Wildman–Crippen MR) is 107 cm³/mol. The Morgan fingerprint density at radius 2 is 2.29 bits per heavy atom. The third kappa shape index (κ3) is 3.12. The summed E-state index contributed by atoms with van der Waals surface area (Å²) in [4.78, 5) is 5.52. The number of benzene rings is 1. The van der Waals surface area contributed by atoms with Crippen LogP contribution in [0.1, 0.15) is 41.5 Å². The van der Waals surface area contributed by atoms with E-state index in [9.17, 15) is 5.11 Å². The zero-order chi connectivity index (χ0) is 19.3. The highest BCUT2D eigenvalue weighted by molar-refractivity contribution is 7.15. The predicted octanol–water partition coefficient (Wildman–Crippen LogP) is 3.03. The lowest BCUT2D eigenvalue weighted by Gasteiger charge is -2.39. The first-order valence-electron chi connectivity index (χ1n) is 9.42. The van der Waals surface area contributed by atoms with Crippen LogP contribution in [0.4, 0.5) is 0 Å². The molecule has 0 amide bonds. The second-order valence-corrected chi connectivity index (χ2v) is 8.66. The quantitative estimate of drug-likeness (QED) is 0.693. The summed E-state index contributed by atoms with van der Waals surface area (Å²) in [6.45, 7) is 2.41. The fourth-order valence-corrected chi connectivity index (χ4v) is 5.07. The van der Waals surface area contributed by atoms with Gasteiger partial charge in [-0.05, 0) is 36.6 Å². The molecule has 1 spiro atoms. The van der Waals surface area contributed by atoms with Crippen molar-refractivity contribution in [2.24, 2.45) is 0 Å². The zero-order valence-corrected chi connectivity index (χ0v) is 16.4. The van der Waals surface area contributed by atoms with Crippen molar-refractivity contribution in [1.29, 1.82) is 0 Å². The highest BCUT2D eigenvalue weighted by Gasteiger charge is 2.47. The smallest absolute Gasteiger partial charge is 0.198 e. The minimum absolute atomic E-state index is 0.0643. The lowest BCUT2D eigenvalue weighted by Crippen LogP contribution is -2.43. The van der Waals surface area contributed by atoms with Crippen LogP contribution in [-0.4, -0.2) is 30.1 Å². The molecular formula is C21H20BNO4S. The largest absolute Gasteiger partial charge is 0.463 e. The summed E-state index contributed by atoms with van der Waals surface area (Å²) < 4.78 is 17.7. The van der Waals surface area contributed by atoms with E-state index in [0.717, 1.165) is 37.8 Å². The second-order valence-electron chi connectivity index (χ2n) is 7.54. The summed E-state index contributed by atoms with van der Waals surface area (Å²) >= 11 is 1.59. The molecule has 28 heavy (non-hydrogen) atoms. The molecule has 2 aromatic heterocycles. The van der Waals surface area contributed by atoms with Gasteiger partial charge in [-0.15, -0.1) is 11.3 Å². The number of furan rings is 1. The van der Waals surface area contributed by atoms with Crippen molar-refractivity contribution in [2.45, 2.75) is 50.8 Å². The van der Waals surface area contributed by atoms with Crippen LogP contribution in [0.2, 0.25) is 0 Å². The average molecular weight is 393 g/mol. The van der Waals surface area contributed by atoms with E-state index in [1.165, 1.54) is 0 Å². The average Bonchev–Trinajstić information content (AvgIpc) is 3.37. The van der Waals surface area contributed by atoms with Crippen molar-refractivity contribution >= 4 is 24.6 Å². The molecule has 5 rings (SSSR count). The monoisotopic (exact) mass is 393 g/mol. The molecule has 7 heteroatoms. The highest BCUT2D eigenvalue weighted by atomic mass is 32.1. The van der Waals surface area contributed by atoms with Crippen LogP contribution in [0.5, 0.6) is 0 Å². The minimum atomic E-state index is -0.878. The maximum atomic E-state index is 10.3. The number of ether oxygens (including phenoxy) is 2. The number of rotatable bonds is 3. The molecule has 2 radical (unpaired) electrons. The fourth-order valence-electron chi connectivity index (χ4n) is 4.16. The van der Waals surface area contributed by atoms with E-state index in [2.05, 4.69) is 11.1 Å². The Bertz CT molecular complexity index is 990. The van der Waals surface area contributed by atoms with Crippen LogP contribution in [-0.2, 0) is 28.3 Å². The Hall–Kier alpha value is -1.93.